The lowest BCUT2D eigenvalue weighted by Crippen LogP contribution is -2.11. The van der Waals surface area contributed by atoms with E-state index >= 15 is 0 Å². The van der Waals surface area contributed by atoms with Crippen molar-refractivity contribution in [2.24, 2.45) is 0 Å². The highest BCUT2D eigenvalue weighted by molar-refractivity contribution is 7.87. The van der Waals surface area contributed by atoms with Crippen LogP contribution < -0.4 is 14.5 Å². The lowest BCUT2D eigenvalue weighted by atomic mass is 10.2. The van der Waals surface area contributed by atoms with Gasteiger partial charge < -0.3 is 13.3 Å². The standard InChI is InChI=1S/C17H14O6S/c1-11-3-6-13(7-4-11)24(19,20)23-16-10-17(18)22-15-9-12(21-2)5-8-14(15)16/h3-10H,1-2H3. The number of aryl methyl sites for hydroxylation is 1. The van der Waals surface area contributed by atoms with Crippen LogP contribution in [0.4, 0.5) is 0 Å². The van der Waals surface area contributed by atoms with E-state index in [1.54, 1.807) is 24.3 Å². The monoisotopic (exact) mass is 346 g/mol. The number of ether oxygens (including phenoxy) is 1. The largest absolute Gasteiger partial charge is 0.497 e. The second-order valence-corrected chi connectivity index (χ2v) is 6.69. The molecule has 0 spiro atoms. The van der Waals surface area contributed by atoms with Gasteiger partial charge in [0, 0.05) is 6.07 Å². The number of hydrogen-bond acceptors (Lipinski definition) is 6. The van der Waals surface area contributed by atoms with Crippen LogP contribution in [0.15, 0.2) is 62.6 Å². The van der Waals surface area contributed by atoms with E-state index in [9.17, 15) is 13.2 Å². The Morgan fingerprint density at radius 1 is 1.00 bits per heavy atom. The molecule has 0 bridgehead atoms. The number of benzene rings is 2. The Balaban J connectivity index is 2.09. The van der Waals surface area contributed by atoms with Crippen LogP contribution in [0.1, 0.15) is 5.56 Å². The van der Waals surface area contributed by atoms with Gasteiger partial charge in [-0.25, -0.2) is 4.79 Å². The van der Waals surface area contributed by atoms with Gasteiger partial charge in [0.1, 0.15) is 16.2 Å². The molecular formula is C17H14O6S. The predicted molar refractivity (Wildman–Crippen MR) is 88.0 cm³/mol. The van der Waals surface area contributed by atoms with E-state index in [0.717, 1.165) is 11.6 Å². The van der Waals surface area contributed by atoms with Crippen molar-refractivity contribution < 1.29 is 21.8 Å². The van der Waals surface area contributed by atoms with Crippen LogP contribution in [0.5, 0.6) is 11.5 Å². The molecule has 3 aromatic rings. The molecule has 1 heterocycles. The molecule has 0 amide bonds. The fourth-order valence-corrected chi connectivity index (χ4v) is 3.12. The molecule has 0 saturated carbocycles. The molecule has 0 radical (unpaired) electrons. The topological polar surface area (TPSA) is 82.8 Å². The van der Waals surface area contributed by atoms with Gasteiger partial charge in [0.25, 0.3) is 0 Å². The van der Waals surface area contributed by atoms with Crippen molar-refractivity contribution in [1.82, 2.24) is 0 Å². The lowest BCUT2D eigenvalue weighted by molar-refractivity contribution is 0.414. The van der Waals surface area contributed by atoms with Gasteiger partial charge in [-0.1, -0.05) is 17.7 Å². The van der Waals surface area contributed by atoms with E-state index in [2.05, 4.69) is 0 Å². The Labute approximate surface area is 138 Å². The Hall–Kier alpha value is -2.80. The fraction of sp³-hybridized carbons (Fsp3) is 0.118. The third-order valence-electron chi connectivity index (χ3n) is 3.42. The third-order valence-corrected chi connectivity index (χ3v) is 4.67. The molecule has 1 aromatic heterocycles. The highest BCUT2D eigenvalue weighted by Crippen LogP contribution is 2.29. The normalized spacial score (nSPS) is 11.4. The lowest BCUT2D eigenvalue weighted by Gasteiger charge is -2.09. The van der Waals surface area contributed by atoms with Gasteiger partial charge in [0.05, 0.1) is 18.6 Å². The van der Waals surface area contributed by atoms with Crippen molar-refractivity contribution in [3.8, 4) is 11.5 Å². The van der Waals surface area contributed by atoms with E-state index in [4.69, 9.17) is 13.3 Å². The van der Waals surface area contributed by atoms with E-state index in [-0.39, 0.29) is 16.2 Å². The number of methoxy groups -OCH3 is 1. The number of fused-ring (bicyclic) bond motifs is 1. The Bertz CT molecular complexity index is 1050. The van der Waals surface area contributed by atoms with Crippen molar-refractivity contribution >= 4 is 21.1 Å². The van der Waals surface area contributed by atoms with Crippen LogP contribution in [-0.4, -0.2) is 15.5 Å². The summed E-state index contributed by atoms with van der Waals surface area (Å²) in [6.45, 7) is 1.85. The van der Waals surface area contributed by atoms with Crippen molar-refractivity contribution in [3.05, 3.63) is 64.5 Å². The third kappa shape index (κ3) is 3.11. The zero-order valence-electron chi connectivity index (χ0n) is 13.0. The first-order chi connectivity index (χ1) is 11.4. The summed E-state index contributed by atoms with van der Waals surface area (Å²) in [6, 6.07) is 11.9. The maximum Gasteiger partial charge on any atom is 0.340 e. The van der Waals surface area contributed by atoms with Gasteiger partial charge in [0.2, 0.25) is 0 Å². The molecule has 3 rings (SSSR count). The van der Waals surface area contributed by atoms with Gasteiger partial charge in [-0.3, -0.25) is 0 Å². The average molecular weight is 346 g/mol. The summed E-state index contributed by atoms with van der Waals surface area (Å²) < 4.78 is 40.1. The molecule has 0 aliphatic heterocycles. The molecule has 0 aliphatic carbocycles. The maximum atomic E-state index is 12.4. The zero-order valence-corrected chi connectivity index (χ0v) is 13.8. The van der Waals surface area contributed by atoms with Gasteiger partial charge in [-0.2, -0.15) is 8.42 Å². The molecule has 6 nitrogen and oxygen atoms in total. The van der Waals surface area contributed by atoms with Crippen LogP contribution in [0, 0.1) is 6.92 Å². The first-order valence-corrected chi connectivity index (χ1v) is 8.43. The van der Waals surface area contributed by atoms with Crippen LogP contribution in [0.3, 0.4) is 0 Å². The van der Waals surface area contributed by atoms with Crippen LogP contribution in [0.2, 0.25) is 0 Å². The van der Waals surface area contributed by atoms with E-state index in [0.29, 0.717) is 11.1 Å². The van der Waals surface area contributed by atoms with Gasteiger partial charge in [-0.15, -0.1) is 0 Å². The molecule has 0 N–H and O–H groups in total. The Kier molecular flexibility index (Phi) is 4.02. The maximum absolute atomic E-state index is 12.4. The number of hydrogen-bond donors (Lipinski definition) is 0. The summed E-state index contributed by atoms with van der Waals surface area (Å²) in [4.78, 5) is 11.7. The molecule has 0 fully saturated rings. The molecular weight excluding hydrogens is 332 g/mol. The first kappa shape index (κ1) is 16.1. The molecule has 7 heteroatoms. The molecule has 2 aromatic carbocycles. The Morgan fingerprint density at radius 2 is 1.71 bits per heavy atom. The van der Waals surface area contributed by atoms with E-state index in [1.807, 2.05) is 6.92 Å². The molecule has 0 unspecified atom stereocenters. The second-order valence-electron chi connectivity index (χ2n) is 5.14. The zero-order chi connectivity index (χ0) is 17.3. The Morgan fingerprint density at radius 3 is 2.38 bits per heavy atom. The van der Waals surface area contributed by atoms with E-state index in [1.165, 1.54) is 25.3 Å². The minimum absolute atomic E-state index is 0.00278. The fourth-order valence-electron chi connectivity index (χ4n) is 2.18. The van der Waals surface area contributed by atoms with Crippen molar-refractivity contribution in [3.63, 3.8) is 0 Å². The highest BCUT2D eigenvalue weighted by atomic mass is 32.2. The highest BCUT2D eigenvalue weighted by Gasteiger charge is 2.19. The summed E-state index contributed by atoms with van der Waals surface area (Å²) in [7, 11) is -2.59. The molecule has 124 valence electrons. The molecule has 0 atom stereocenters. The van der Waals surface area contributed by atoms with Gasteiger partial charge in [-0.05, 0) is 31.2 Å². The summed E-state index contributed by atoms with van der Waals surface area (Å²) in [5, 5.41) is 0.353. The summed E-state index contributed by atoms with van der Waals surface area (Å²) in [5.74, 6) is 0.383. The second kappa shape index (κ2) is 6.01. The van der Waals surface area contributed by atoms with Crippen LogP contribution in [-0.2, 0) is 10.1 Å². The molecule has 0 saturated heterocycles. The smallest absolute Gasteiger partial charge is 0.340 e. The molecule has 24 heavy (non-hydrogen) atoms. The quantitative estimate of drug-likeness (QED) is 0.534. The van der Waals surface area contributed by atoms with E-state index < -0.39 is 15.7 Å². The van der Waals surface area contributed by atoms with Crippen molar-refractivity contribution in [2.75, 3.05) is 7.11 Å². The van der Waals surface area contributed by atoms with Crippen LogP contribution >= 0.6 is 0 Å². The van der Waals surface area contributed by atoms with Gasteiger partial charge in [0.15, 0.2) is 5.75 Å². The summed E-state index contributed by atoms with van der Waals surface area (Å²) >= 11 is 0. The molecule has 0 aliphatic rings. The SMILES string of the molecule is COc1ccc2c(OS(=O)(=O)c3ccc(C)cc3)cc(=O)oc2c1. The summed E-state index contributed by atoms with van der Waals surface area (Å²) in [6.07, 6.45) is 0. The van der Waals surface area contributed by atoms with Gasteiger partial charge >= 0.3 is 15.7 Å². The average Bonchev–Trinajstić information content (AvgIpc) is 2.54. The van der Waals surface area contributed by atoms with Crippen LogP contribution in [0.25, 0.3) is 11.0 Å². The van der Waals surface area contributed by atoms with Crippen molar-refractivity contribution in [2.45, 2.75) is 11.8 Å². The predicted octanol–water partition coefficient (Wildman–Crippen LogP) is 2.88. The van der Waals surface area contributed by atoms with Crippen molar-refractivity contribution in [1.29, 1.82) is 0 Å². The first-order valence-electron chi connectivity index (χ1n) is 7.02. The minimum atomic E-state index is -4.07. The number of rotatable bonds is 4. The summed E-state index contributed by atoms with van der Waals surface area (Å²) in [5.41, 5.74) is 0.382. The minimum Gasteiger partial charge on any atom is -0.497 e.